The van der Waals surface area contributed by atoms with Crippen molar-refractivity contribution in [2.24, 2.45) is 5.73 Å². The largest absolute Gasteiger partial charge is 0.485 e. The Balaban J connectivity index is 2.16. The summed E-state index contributed by atoms with van der Waals surface area (Å²) in [5.41, 5.74) is 5.81. The van der Waals surface area contributed by atoms with Gasteiger partial charge in [0.05, 0.1) is 6.61 Å². The molecule has 2 rings (SSSR count). The molecule has 6 heteroatoms. The van der Waals surface area contributed by atoms with Gasteiger partial charge in [-0.15, -0.1) is 0 Å². The maximum atomic E-state index is 12.0. The molecule has 1 aliphatic rings. The third kappa shape index (κ3) is 5.47. The van der Waals surface area contributed by atoms with Crippen LogP contribution in [0.25, 0.3) is 0 Å². The van der Waals surface area contributed by atoms with Crippen molar-refractivity contribution in [2.75, 3.05) is 19.8 Å². The van der Waals surface area contributed by atoms with Gasteiger partial charge >= 0.3 is 5.97 Å². The van der Waals surface area contributed by atoms with Crippen molar-refractivity contribution in [1.29, 1.82) is 0 Å². The third-order valence-corrected chi connectivity index (χ3v) is 3.83. The van der Waals surface area contributed by atoms with E-state index in [-0.39, 0.29) is 6.10 Å². The quantitative estimate of drug-likeness (QED) is 0.827. The number of rotatable bonds is 5. The van der Waals surface area contributed by atoms with Gasteiger partial charge in [-0.05, 0) is 31.9 Å². The zero-order valence-corrected chi connectivity index (χ0v) is 14.4. The van der Waals surface area contributed by atoms with Crippen LogP contribution in [0.5, 0.6) is 5.75 Å². The minimum atomic E-state index is -0.675. The van der Waals surface area contributed by atoms with Crippen molar-refractivity contribution >= 4 is 5.97 Å². The Labute approximate surface area is 143 Å². The topological polar surface area (TPSA) is 80.0 Å². The summed E-state index contributed by atoms with van der Waals surface area (Å²) >= 11 is 0. The summed E-state index contributed by atoms with van der Waals surface area (Å²) < 4.78 is 23.2. The Morgan fingerprint density at radius 2 is 2.04 bits per heavy atom. The van der Waals surface area contributed by atoms with E-state index in [2.05, 4.69) is 0 Å². The fourth-order valence-electron chi connectivity index (χ4n) is 2.53. The molecule has 1 heterocycles. The van der Waals surface area contributed by atoms with Crippen LogP contribution in [0.2, 0.25) is 0 Å². The molecule has 2 N–H and O–H groups in total. The first-order valence-electron chi connectivity index (χ1n) is 8.49. The van der Waals surface area contributed by atoms with E-state index in [1.807, 2.05) is 37.3 Å². The summed E-state index contributed by atoms with van der Waals surface area (Å²) in [6.45, 7) is 5.09. The molecule has 0 unspecified atom stereocenters. The first kappa shape index (κ1) is 18.7. The molecule has 1 saturated heterocycles. The highest BCUT2D eigenvalue weighted by atomic mass is 16.6. The van der Waals surface area contributed by atoms with Crippen LogP contribution in [0, 0.1) is 0 Å². The summed E-state index contributed by atoms with van der Waals surface area (Å²) in [4.78, 5) is 12.0. The highest BCUT2D eigenvalue weighted by molar-refractivity contribution is 5.75. The second-order valence-corrected chi connectivity index (χ2v) is 5.92. The van der Waals surface area contributed by atoms with E-state index in [0.717, 1.165) is 12.2 Å². The monoisotopic (exact) mass is 337 g/mol. The highest BCUT2D eigenvalue weighted by Crippen LogP contribution is 2.19. The number of carbonyl (C=O) groups excluding carboxylic acids is 1. The van der Waals surface area contributed by atoms with Gasteiger partial charge < -0.3 is 24.7 Å². The van der Waals surface area contributed by atoms with Crippen LogP contribution in [-0.2, 0) is 19.0 Å². The lowest BCUT2D eigenvalue weighted by Crippen LogP contribution is -2.49. The van der Waals surface area contributed by atoms with Crippen molar-refractivity contribution in [3.63, 3.8) is 0 Å². The van der Waals surface area contributed by atoms with Crippen LogP contribution in [0.3, 0.4) is 0 Å². The van der Waals surface area contributed by atoms with Gasteiger partial charge in [-0.25, -0.2) is 0 Å². The van der Waals surface area contributed by atoms with Gasteiger partial charge in [0, 0.05) is 13.2 Å². The molecular formula is C18H27NO5. The number of cyclic esters (lactones) is 1. The lowest BCUT2D eigenvalue weighted by atomic mass is 10.1. The van der Waals surface area contributed by atoms with Gasteiger partial charge in [0.25, 0.3) is 0 Å². The Kier molecular flexibility index (Phi) is 7.49. The molecule has 1 aromatic carbocycles. The maximum Gasteiger partial charge on any atom is 0.323 e. The van der Waals surface area contributed by atoms with Crippen LogP contribution in [0.4, 0.5) is 0 Å². The number of esters is 1. The fourth-order valence-corrected chi connectivity index (χ4v) is 2.53. The lowest BCUT2D eigenvalue weighted by Gasteiger charge is -2.33. The second-order valence-electron chi connectivity index (χ2n) is 5.92. The molecule has 134 valence electrons. The van der Waals surface area contributed by atoms with Crippen molar-refractivity contribution < 1.29 is 23.7 Å². The molecular weight excluding hydrogens is 310 g/mol. The van der Waals surface area contributed by atoms with Crippen molar-refractivity contribution in [3.05, 3.63) is 30.3 Å². The van der Waals surface area contributed by atoms with Crippen molar-refractivity contribution in [3.8, 4) is 5.75 Å². The molecule has 0 radical (unpaired) electrons. The normalized spacial score (nSPS) is 28.9. The zero-order valence-electron chi connectivity index (χ0n) is 14.4. The summed E-state index contributed by atoms with van der Waals surface area (Å²) in [5, 5.41) is 0. The Morgan fingerprint density at radius 1 is 1.29 bits per heavy atom. The number of nitrogens with two attached hydrogens (primary N) is 1. The lowest BCUT2D eigenvalue weighted by molar-refractivity contribution is -0.169. The van der Waals surface area contributed by atoms with Gasteiger partial charge in [-0.2, -0.15) is 0 Å². The highest BCUT2D eigenvalue weighted by Gasteiger charge is 2.34. The summed E-state index contributed by atoms with van der Waals surface area (Å²) in [5.74, 6) is 0.292. The van der Waals surface area contributed by atoms with Gasteiger partial charge in [-0.1, -0.05) is 25.1 Å². The number of ether oxygens (including phenoxy) is 4. The van der Waals surface area contributed by atoms with E-state index >= 15 is 0 Å². The molecule has 1 fully saturated rings. The Hall–Kier alpha value is -1.63. The molecule has 0 aliphatic carbocycles. The van der Waals surface area contributed by atoms with E-state index in [1.165, 1.54) is 0 Å². The predicted molar refractivity (Wildman–Crippen MR) is 89.9 cm³/mol. The van der Waals surface area contributed by atoms with E-state index in [1.54, 1.807) is 6.92 Å². The zero-order chi connectivity index (χ0) is 17.4. The fraction of sp³-hybridized carbons (Fsp3) is 0.611. The molecule has 6 nitrogen and oxygen atoms in total. The molecule has 24 heavy (non-hydrogen) atoms. The SMILES string of the molecule is CCCO[C@H]1[C@H](C)OC(=O)[C@@H](N)CCOC[C@@H]1Oc1ccccc1. The number of hydrogen-bond donors (Lipinski definition) is 1. The first-order chi connectivity index (χ1) is 11.6. The van der Waals surface area contributed by atoms with Gasteiger partial charge in [0.1, 0.15) is 24.0 Å². The number of carbonyl (C=O) groups is 1. The molecule has 1 aromatic rings. The molecule has 0 spiro atoms. The van der Waals surface area contributed by atoms with E-state index < -0.39 is 24.2 Å². The van der Waals surface area contributed by atoms with Gasteiger partial charge in [0.15, 0.2) is 6.10 Å². The molecule has 4 atom stereocenters. The number of para-hydroxylation sites is 1. The second kappa shape index (κ2) is 9.61. The van der Waals surface area contributed by atoms with E-state index in [9.17, 15) is 4.79 Å². The Bertz CT molecular complexity index is 495. The standard InChI is InChI=1S/C18H27NO5/c1-3-10-22-17-13(2)23-18(20)15(19)9-11-21-12-16(17)24-14-7-5-4-6-8-14/h4-8,13,15-17H,3,9-12,19H2,1-2H3/t13-,15-,16-,17-/m0/s1. The summed E-state index contributed by atoms with van der Waals surface area (Å²) in [7, 11) is 0. The third-order valence-electron chi connectivity index (χ3n) is 3.83. The van der Waals surface area contributed by atoms with Crippen molar-refractivity contribution in [2.45, 2.75) is 51.0 Å². The van der Waals surface area contributed by atoms with Gasteiger partial charge in [0.2, 0.25) is 0 Å². The average molecular weight is 337 g/mol. The van der Waals surface area contributed by atoms with Gasteiger partial charge in [-0.3, -0.25) is 4.79 Å². The van der Waals surface area contributed by atoms with Crippen LogP contribution < -0.4 is 10.5 Å². The number of benzene rings is 1. The summed E-state index contributed by atoms with van der Waals surface area (Å²) in [6, 6.07) is 8.81. The maximum absolute atomic E-state index is 12.0. The average Bonchev–Trinajstić information content (AvgIpc) is 2.58. The predicted octanol–water partition coefficient (Wildman–Crippen LogP) is 1.91. The van der Waals surface area contributed by atoms with Crippen LogP contribution in [0.15, 0.2) is 30.3 Å². The Morgan fingerprint density at radius 3 is 2.75 bits per heavy atom. The summed E-state index contributed by atoms with van der Waals surface area (Å²) in [6.07, 6.45) is -0.0133. The molecule has 0 aromatic heterocycles. The molecule has 0 amide bonds. The smallest absolute Gasteiger partial charge is 0.323 e. The molecule has 1 aliphatic heterocycles. The van der Waals surface area contributed by atoms with Crippen LogP contribution >= 0.6 is 0 Å². The van der Waals surface area contributed by atoms with Crippen molar-refractivity contribution in [1.82, 2.24) is 0 Å². The molecule has 0 bridgehead atoms. The van der Waals surface area contributed by atoms with E-state index in [0.29, 0.717) is 26.2 Å². The van der Waals surface area contributed by atoms with E-state index in [4.69, 9.17) is 24.7 Å². The van der Waals surface area contributed by atoms with Crippen LogP contribution in [-0.4, -0.2) is 50.1 Å². The molecule has 0 saturated carbocycles. The minimum absolute atomic E-state index is 0.345. The number of hydrogen-bond acceptors (Lipinski definition) is 6. The van der Waals surface area contributed by atoms with Crippen LogP contribution in [0.1, 0.15) is 26.7 Å². The minimum Gasteiger partial charge on any atom is -0.485 e. The first-order valence-corrected chi connectivity index (χ1v) is 8.49.